The zero-order chi connectivity index (χ0) is 14.1. The van der Waals surface area contributed by atoms with Crippen molar-refractivity contribution in [3.05, 3.63) is 23.8 Å². The van der Waals surface area contributed by atoms with Gasteiger partial charge >= 0.3 is 0 Å². The van der Waals surface area contributed by atoms with E-state index < -0.39 is 0 Å². The van der Waals surface area contributed by atoms with Gasteiger partial charge < -0.3 is 15.8 Å². The largest absolute Gasteiger partial charge is 0.494 e. The maximum Gasteiger partial charge on any atom is 0.255 e. The monoisotopic (exact) mass is 275 g/mol. The minimum atomic E-state index is -0.0899. The van der Waals surface area contributed by atoms with E-state index in [0.717, 1.165) is 13.0 Å². The summed E-state index contributed by atoms with van der Waals surface area (Å²) >= 11 is 0. The second kappa shape index (κ2) is 5.32. The van der Waals surface area contributed by atoms with Crippen LogP contribution in [0, 0.1) is 0 Å². The molecule has 3 N–H and O–H groups in total. The number of anilines is 1. The van der Waals surface area contributed by atoms with E-state index in [1.807, 2.05) is 0 Å². The summed E-state index contributed by atoms with van der Waals surface area (Å²) < 4.78 is 5.25. The highest BCUT2D eigenvalue weighted by Crippen LogP contribution is 2.29. The summed E-state index contributed by atoms with van der Waals surface area (Å²) in [5, 5.41) is 3.15. The Hall–Kier alpha value is -1.75. The Balaban J connectivity index is 1.75. The maximum atomic E-state index is 12.5. The zero-order valence-electron chi connectivity index (χ0n) is 11.8. The average molecular weight is 275 g/mol. The van der Waals surface area contributed by atoms with Crippen LogP contribution in [0.3, 0.4) is 0 Å². The first-order valence-corrected chi connectivity index (χ1v) is 7.18. The van der Waals surface area contributed by atoms with Gasteiger partial charge in [-0.3, -0.25) is 9.69 Å². The van der Waals surface area contributed by atoms with E-state index >= 15 is 0 Å². The standard InChI is InChI=1S/C15H21N3O2/c1-20-14-10(4-2-5-11(14)16)15(19)17-12-7-9-18-8-3-6-13(12)18/h2,4-5,12-13H,3,6-9,16H2,1H3,(H,17,19). The van der Waals surface area contributed by atoms with Crippen LogP contribution in [0.5, 0.6) is 5.75 Å². The molecule has 2 unspecified atom stereocenters. The van der Waals surface area contributed by atoms with E-state index in [9.17, 15) is 4.79 Å². The third-order valence-corrected chi connectivity index (χ3v) is 4.42. The van der Waals surface area contributed by atoms with Gasteiger partial charge in [-0.1, -0.05) is 6.07 Å². The van der Waals surface area contributed by atoms with Gasteiger partial charge in [-0.25, -0.2) is 0 Å². The van der Waals surface area contributed by atoms with Gasteiger partial charge in [0.1, 0.15) is 0 Å². The number of nitrogens with one attached hydrogen (secondary N) is 1. The molecule has 0 aliphatic carbocycles. The molecule has 108 valence electrons. The summed E-state index contributed by atoms with van der Waals surface area (Å²) in [6.45, 7) is 2.25. The molecule has 2 atom stereocenters. The summed E-state index contributed by atoms with van der Waals surface area (Å²) in [6.07, 6.45) is 3.44. The molecule has 5 nitrogen and oxygen atoms in total. The number of amides is 1. The fraction of sp³-hybridized carbons (Fsp3) is 0.533. The second-order valence-corrected chi connectivity index (χ2v) is 5.54. The van der Waals surface area contributed by atoms with Gasteiger partial charge in [0, 0.05) is 18.6 Å². The molecular formula is C15H21N3O2. The summed E-state index contributed by atoms with van der Waals surface area (Å²) in [5.74, 6) is 0.374. The van der Waals surface area contributed by atoms with Gasteiger partial charge in [0.05, 0.1) is 18.4 Å². The molecule has 2 fully saturated rings. The lowest BCUT2D eigenvalue weighted by Crippen LogP contribution is -2.42. The molecule has 0 aromatic heterocycles. The van der Waals surface area contributed by atoms with Crippen LogP contribution < -0.4 is 15.8 Å². The fourth-order valence-electron chi connectivity index (χ4n) is 3.46. The van der Waals surface area contributed by atoms with E-state index in [4.69, 9.17) is 10.5 Å². The Morgan fingerprint density at radius 1 is 1.40 bits per heavy atom. The first-order valence-electron chi connectivity index (χ1n) is 7.18. The first-order chi connectivity index (χ1) is 9.70. The lowest BCUT2D eigenvalue weighted by Gasteiger charge is -2.21. The van der Waals surface area contributed by atoms with Crippen molar-refractivity contribution in [1.82, 2.24) is 10.2 Å². The summed E-state index contributed by atoms with van der Waals surface area (Å²) in [5.41, 5.74) is 6.86. The molecule has 2 aliphatic rings. The maximum absolute atomic E-state index is 12.5. The summed E-state index contributed by atoms with van der Waals surface area (Å²) in [7, 11) is 1.54. The van der Waals surface area contributed by atoms with Crippen LogP contribution in [-0.2, 0) is 0 Å². The second-order valence-electron chi connectivity index (χ2n) is 5.54. The number of nitrogens with zero attached hydrogens (tertiary/aromatic N) is 1. The van der Waals surface area contributed by atoms with E-state index in [2.05, 4.69) is 10.2 Å². The highest BCUT2D eigenvalue weighted by atomic mass is 16.5. The molecule has 0 spiro atoms. The Morgan fingerprint density at radius 2 is 2.25 bits per heavy atom. The molecule has 20 heavy (non-hydrogen) atoms. The number of methoxy groups -OCH3 is 1. The molecule has 0 saturated carbocycles. The minimum absolute atomic E-state index is 0.0899. The molecule has 0 bridgehead atoms. The average Bonchev–Trinajstić information content (AvgIpc) is 3.03. The van der Waals surface area contributed by atoms with Crippen LogP contribution in [-0.4, -0.2) is 43.1 Å². The Kier molecular flexibility index (Phi) is 3.53. The fourth-order valence-corrected chi connectivity index (χ4v) is 3.46. The van der Waals surface area contributed by atoms with E-state index in [-0.39, 0.29) is 11.9 Å². The van der Waals surface area contributed by atoms with Gasteiger partial charge in [-0.05, 0) is 37.9 Å². The van der Waals surface area contributed by atoms with Crippen LogP contribution in [0.2, 0.25) is 0 Å². The molecule has 2 aliphatic heterocycles. The molecule has 1 aromatic rings. The van der Waals surface area contributed by atoms with Crippen molar-refractivity contribution in [3.8, 4) is 5.75 Å². The number of nitrogens with two attached hydrogens (primary N) is 1. The zero-order valence-corrected chi connectivity index (χ0v) is 11.8. The summed E-state index contributed by atoms with van der Waals surface area (Å²) in [6, 6.07) is 6.03. The number of hydrogen-bond acceptors (Lipinski definition) is 4. The molecule has 5 heteroatoms. The molecule has 3 rings (SSSR count). The predicted molar refractivity (Wildman–Crippen MR) is 77.9 cm³/mol. The van der Waals surface area contributed by atoms with Crippen LogP contribution in [0.15, 0.2) is 18.2 Å². The topological polar surface area (TPSA) is 67.6 Å². The normalized spacial score (nSPS) is 25.4. The van der Waals surface area contributed by atoms with Crippen molar-refractivity contribution >= 4 is 11.6 Å². The third-order valence-electron chi connectivity index (χ3n) is 4.42. The highest BCUT2D eigenvalue weighted by molar-refractivity contribution is 5.98. The van der Waals surface area contributed by atoms with Crippen molar-refractivity contribution in [1.29, 1.82) is 0 Å². The number of carbonyl (C=O) groups is 1. The van der Waals surface area contributed by atoms with Crippen molar-refractivity contribution in [3.63, 3.8) is 0 Å². The minimum Gasteiger partial charge on any atom is -0.494 e. The van der Waals surface area contributed by atoms with Crippen molar-refractivity contribution < 1.29 is 9.53 Å². The Morgan fingerprint density at radius 3 is 3.05 bits per heavy atom. The molecule has 2 heterocycles. The Bertz CT molecular complexity index is 518. The number of rotatable bonds is 3. The van der Waals surface area contributed by atoms with Crippen LogP contribution in [0.4, 0.5) is 5.69 Å². The SMILES string of the molecule is COc1c(N)cccc1C(=O)NC1CCN2CCCC12. The number of nitrogen functional groups attached to an aromatic ring is 1. The number of carbonyl (C=O) groups excluding carboxylic acids is 1. The smallest absolute Gasteiger partial charge is 0.255 e. The highest BCUT2D eigenvalue weighted by Gasteiger charge is 2.38. The molecule has 1 aromatic carbocycles. The number of ether oxygens (including phenoxy) is 1. The van der Waals surface area contributed by atoms with E-state index in [1.165, 1.54) is 26.5 Å². The molecule has 1 amide bonds. The lowest BCUT2D eigenvalue weighted by atomic mass is 10.1. The quantitative estimate of drug-likeness (QED) is 0.815. The van der Waals surface area contributed by atoms with Gasteiger partial charge in [0.15, 0.2) is 5.75 Å². The number of para-hydroxylation sites is 1. The van der Waals surface area contributed by atoms with E-state index in [0.29, 0.717) is 23.0 Å². The summed E-state index contributed by atoms with van der Waals surface area (Å²) in [4.78, 5) is 14.9. The van der Waals surface area contributed by atoms with Gasteiger partial charge in [-0.15, -0.1) is 0 Å². The van der Waals surface area contributed by atoms with Crippen LogP contribution >= 0.6 is 0 Å². The predicted octanol–water partition coefficient (Wildman–Crippen LogP) is 1.24. The number of benzene rings is 1. The molecule has 0 radical (unpaired) electrons. The van der Waals surface area contributed by atoms with Gasteiger partial charge in [-0.2, -0.15) is 0 Å². The van der Waals surface area contributed by atoms with Crippen molar-refractivity contribution in [2.24, 2.45) is 0 Å². The number of fused-ring (bicyclic) bond motifs is 1. The first kappa shape index (κ1) is 13.2. The molecular weight excluding hydrogens is 254 g/mol. The van der Waals surface area contributed by atoms with E-state index in [1.54, 1.807) is 18.2 Å². The Labute approximate surface area is 119 Å². The third kappa shape index (κ3) is 2.22. The lowest BCUT2D eigenvalue weighted by molar-refractivity contribution is 0.0926. The number of hydrogen-bond donors (Lipinski definition) is 2. The van der Waals surface area contributed by atoms with Gasteiger partial charge in [0.2, 0.25) is 0 Å². The molecule has 2 saturated heterocycles. The van der Waals surface area contributed by atoms with Crippen molar-refractivity contribution in [2.45, 2.75) is 31.3 Å². The van der Waals surface area contributed by atoms with Crippen LogP contribution in [0.25, 0.3) is 0 Å². The van der Waals surface area contributed by atoms with Crippen molar-refractivity contribution in [2.75, 3.05) is 25.9 Å². The van der Waals surface area contributed by atoms with Crippen LogP contribution in [0.1, 0.15) is 29.6 Å². The van der Waals surface area contributed by atoms with Gasteiger partial charge in [0.25, 0.3) is 5.91 Å².